The van der Waals surface area contributed by atoms with Crippen LogP contribution in [0.15, 0.2) is 24.3 Å². The molecule has 2 aromatic heterocycles. The highest BCUT2D eigenvalue weighted by molar-refractivity contribution is 6.34. The standard InChI is InChI=1S/C19H25ClN6O/c1-5-25(6-2)11-12-26-15-10-8-7-9-14(15)21-19(26)22-18(27)17-16(20)13(3)24(4)23-17/h7-10H,5-6,11-12H2,1-4H3,(H,21,22,27). The van der Waals surface area contributed by atoms with E-state index in [-0.39, 0.29) is 11.6 Å². The van der Waals surface area contributed by atoms with E-state index in [1.807, 2.05) is 35.8 Å². The number of carbonyl (C=O) groups is 1. The van der Waals surface area contributed by atoms with Gasteiger partial charge in [0.25, 0.3) is 5.91 Å². The number of benzene rings is 1. The smallest absolute Gasteiger partial charge is 0.280 e. The van der Waals surface area contributed by atoms with Crippen molar-refractivity contribution in [2.24, 2.45) is 7.05 Å². The Morgan fingerprint density at radius 2 is 1.96 bits per heavy atom. The SMILES string of the molecule is CCN(CC)CCn1c(NC(=O)c2nn(C)c(C)c2Cl)nc2ccccc21. The van der Waals surface area contributed by atoms with Crippen molar-refractivity contribution >= 4 is 34.5 Å². The molecule has 0 aliphatic rings. The maximum Gasteiger partial charge on any atom is 0.280 e. The minimum atomic E-state index is -0.358. The molecule has 1 amide bonds. The molecule has 0 saturated carbocycles. The number of halogens is 1. The van der Waals surface area contributed by atoms with Crippen molar-refractivity contribution in [1.29, 1.82) is 0 Å². The number of aromatic nitrogens is 4. The largest absolute Gasteiger partial charge is 0.309 e. The van der Waals surface area contributed by atoms with Gasteiger partial charge in [-0.25, -0.2) is 4.98 Å². The molecule has 0 aliphatic heterocycles. The van der Waals surface area contributed by atoms with Gasteiger partial charge in [-0.3, -0.25) is 14.8 Å². The maximum atomic E-state index is 12.7. The van der Waals surface area contributed by atoms with Crippen LogP contribution < -0.4 is 5.32 Å². The van der Waals surface area contributed by atoms with E-state index in [1.165, 1.54) is 0 Å². The number of carbonyl (C=O) groups excluding carboxylic acids is 1. The predicted octanol–water partition coefficient (Wildman–Crippen LogP) is 3.33. The second-order valence-corrected chi connectivity index (χ2v) is 6.81. The molecule has 2 heterocycles. The predicted molar refractivity (Wildman–Crippen MR) is 108 cm³/mol. The summed E-state index contributed by atoms with van der Waals surface area (Å²) in [5.74, 6) is 0.149. The number of anilines is 1. The van der Waals surface area contributed by atoms with E-state index >= 15 is 0 Å². The molecule has 3 aromatic rings. The van der Waals surface area contributed by atoms with E-state index in [2.05, 4.69) is 34.1 Å². The van der Waals surface area contributed by atoms with E-state index in [1.54, 1.807) is 11.7 Å². The normalized spacial score (nSPS) is 11.5. The van der Waals surface area contributed by atoms with Crippen LogP contribution in [0.3, 0.4) is 0 Å². The number of fused-ring (bicyclic) bond motifs is 1. The van der Waals surface area contributed by atoms with E-state index in [0.717, 1.165) is 42.9 Å². The molecule has 3 rings (SSSR count). The van der Waals surface area contributed by atoms with E-state index in [0.29, 0.717) is 11.0 Å². The van der Waals surface area contributed by atoms with Crippen molar-refractivity contribution < 1.29 is 4.79 Å². The first-order chi connectivity index (χ1) is 13.0. The summed E-state index contributed by atoms with van der Waals surface area (Å²) in [5, 5.41) is 7.47. The van der Waals surface area contributed by atoms with Gasteiger partial charge in [-0.05, 0) is 32.1 Å². The third kappa shape index (κ3) is 3.84. The Kier molecular flexibility index (Phi) is 5.82. The molecule has 0 bridgehead atoms. The summed E-state index contributed by atoms with van der Waals surface area (Å²) >= 11 is 6.26. The van der Waals surface area contributed by atoms with Crippen molar-refractivity contribution in [3.8, 4) is 0 Å². The topological polar surface area (TPSA) is 68.0 Å². The highest BCUT2D eigenvalue weighted by Gasteiger charge is 2.21. The third-order valence-electron chi connectivity index (χ3n) is 4.89. The number of amides is 1. The molecule has 0 saturated heterocycles. The van der Waals surface area contributed by atoms with Gasteiger partial charge >= 0.3 is 0 Å². The molecular formula is C19H25ClN6O. The Bertz CT molecular complexity index is 957. The van der Waals surface area contributed by atoms with Crippen LogP contribution in [0.25, 0.3) is 11.0 Å². The minimum absolute atomic E-state index is 0.207. The number of nitrogens with one attached hydrogen (secondary N) is 1. The summed E-state index contributed by atoms with van der Waals surface area (Å²) < 4.78 is 3.63. The summed E-state index contributed by atoms with van der Waals surface area (Å²) in [7, 11) is 1.76. The molecule has 144 valence electrons. The summed E-state index contributed by atoms with van der Waals surface area (Å²) in [4.78, 5) is 19.7. The molecule has 1 N–H and O–H groups in total. The van der Waals surface area contributed by atoms with Gasteiger partial charge < -0.3 is 9.47 Å². The first kappa shape index (κ1) is 19.4. The minimum Gasteiger partial charge on any atom is -0.309 e. The highest BCUT2D eigenvalue weighted by atomic mass is 35.5. The fourth-order valence-electron chi connectivity index (χ4n) is 3.07. The first-order valence-electron chi connectivity index (χ1n) is 9.14. The Balaban J connectivity index is 1.92. The molecule has 0 spiro atoms. The number of rotatable bonds is 7. The number of aryl methyl sites for hydroxylation is 1. The van der Waals surface area contributed by atoms with Crippen molar-refractivity contribution in [2.45, 2.75) is 27.3 Å². The van der Waals surface area contributed by atoms with Gasteiger partial charge in [0.05, 0.1) is 21.7 Å². The molecule has 0 atom stereocenters. The number of nitrogens with zero attached hydrogens (tertiary/aromatic N) is 5. The second kappa shape index (κ2) is 8.10. The fraction of sp³-hybridized carbons (Fsp3) is 0.421. The second-order valence-electron chi connectivity index (χ2n) is 6.43. The monoisotopic (exact) mass is 388 g/mol. The lowest BCUT2D eigenvalue weighted by Crippen LogP contribution is -2.27. The molecule has 0 aliphatic carbocycles. The maximum absolute atomic E-state index is 12.7. The average molecular weight is 389 g/mol. The van der Waals surface area contributed by atoms with Gasteiger partial charge in [-0.15, -0.1) is 0 Å². The average Bonchev–Trinajstić information content (AvgIpc) is 3.14. The van der Waals surface area contributed by atoms with Crippen LogP contribution in [0.4, 0.5) is 5.95 Å². The molecular weight excluding hydrogens is 364 g/mol. The first-order valence-corrected chi connectivity index (χ1v) is 9.52. The van der Waals surface area contributed by atoms with Gasteiger partial charge in [0.15, 0.2) is 5.69 Å². The summed E-state index contributed by atoms with van der Waals surface area (Å²) in [6.07, 6.45) is 0. The van der Waals surface area contributed by atoms with E-state index in [4.69, 9.17) is 11.6 Å². The zero-order chi connectivity index (χ0) is 19.6. The fourth-order valence-corrected chi connectivity index (χ4v) is 3.31. The summed E-state index contributed by atoms with van der Waals surface area (Å²) in [6, 6.07) is 7.87. The zero-order valence-corrected chi connectivity index (χ0v) is 16.9. The number of imidazole rings is 1. The lowest BCUT2D eigenvalue weighted by atomic mass is 10.3. The molecule has 8 heteroatoms. The quantitative estimate of drug-likeness (QED) is 0.674. The van der Waals surface area contributed by atoms with E-state index in [9.17, 15) is 4.79 Å². The Hall–Kier alpha value is -2.38. The summed E-state index contributed by atoms with van der Waals surface area (Å²) in [6.45, 7) is 9.67. The number of likely N-dealkylation sites (N-methyl/N-ethyl adjacent to an activating group) is 1. The van der Waals surface area contributed by atoms with E-state index < -0.39 is 0 Å². The Morgan fingerprint density at radius 3 is 2.59 bits per heavy atom. The molecule has 7 nitrogen and oxygen atoms in total. The van der Waals surface area contributed by atoms with Gasteiger partial charge in [0.1, 0.15) is 0 Å². The lowest BCUT2D eigenvalue weighted by molar-refractivity contribution is 0.102. The van der Waals surface area contributed by atoms with Crippen molar-refractivity contribution in [3.63, 3.8) is 0 Å². The van der Waals surface area contributed by atoms with Crippen LogP contribution in [-0.2, 0) is 13.6 Å². The van der Waals surface area contributed by atoms with Crippen molar-refractivity contribution in [3.05, 3.63) is 40.7 Å². The molecule has 0 fully saturated rings. The molecule has 27 heavy (non-hydrogen) atoms. The van der Waals surface area contributed by atoms with Gasteiger partial charge in [0.2, 0.25) is 5.95 Å². The Labute approximate surface area is 163 Å². The number of hydrogen-bond acceptors (Lipinski definition) is 4. The van der Waals surface area contributed by atoms with Crippen LogP contribution >= 0.6 is 11.6 Å². The summed E-state index contributed by atoms with van der Waals surface area (Å²) in [5.41, 5.74) is 2.79. The molecule has 0 unspecified atom stereocenters. The van der Waals surface area contributed by atoms with Crippen LogP contribution in [0.2, 0.25) is 5.02 Å². The Morgan fingerprint density at radius 1 is 1.26 bits per heavy atom. The van der Waals surface area contributed by atoms with Crippen LogP contribution in [0.5, 0.6) is 0 Å². The zero-order valence-electron chi connectivity index (χ0n) is 16.2. The third-order valence-corrected chi connectivity index (χ3v) is 5.34. The number of para-hydroxylation sites is 2. The van der Waals surface area contributed by atoms with Gasteiger partial charge in [-0.1, -0.05) is 37.6 Å². The van der Waals surface area contributed by atoms with Crippen LogP contribution in [-0.4, -0.2) is 49.8 Å². The van der Waals surface area contributed by atoms with Crippen LogP contribution in [0, 0.1) is 6.92 Å². The molecule has 1 aromatic carbocycles. The van der Waals surface area contributed by atoms with Gasteiger partial charge in [-0.2, -0.15) is 5.10 Å². The lowest BCUT2D eigenvalue weighted by Gasteiger charge is -2.19. The van der Waals surface area contributed by atoms with Crippen molar-refractivity contribution in [1.82, 2.24) is 24.2 Å². The number of hydrogen-bond donors (Lipinski definition) is 1. The molecule has 0 radical (unpaired) electrons. The van der Waals surface area contributed by atoms with Gasteiger partial charge in [0, 0.05) is 20.1 Å². The van der Waals surface area contributed by atoms with Crippen LogP contribution in [0.1, 0.15) is 30.0 Å². The highest BCUT2D eigenvalue weighted by Crippen LogP contribution is 2.23. The van der Waals surface area contributed by atoms with Crippen molar-refractivity contribution in [2.75, 3.05) is 25.0 Å².